The Morgan fingerprint density at radius 1 is 1.11 bits per heavy atom. The number of carbonyl (C=O) groups excluding carboxylic acids is 1. The van der Waals surface area contributed by atoms with Crippen LogP contribution in [0.15, 0.2) is 54.9 Å². The first-order valence-electron chi connectivity index (χ1n) is 8.73. The van der Waals surface area contributed by atoms with Crippen molar-refractivity contribution < 1.29 is 9.53 Å². The Morgan fingerprint density at radius 3 is 2.56 bits per heavy atom. The third-order valence-electron chi connectivity index (χ3n) is 4.22. The zero-order valence-electron chi connectivity index (χ0n) is 15.6. The molecule has 27 heavy (non-hydrogen) atoms. The fourth-order valence-corrected chi connectivity index (χ4v) is 2.73. The number of benzene rings is 2. The third-order valence-corrected chi connectivity index (χ3v) is 4.22. The number of nitrogens with zero attached hydrogens (tertiary/aromatic N) is 2. The highest BCUT2D eigenvalue weighted by molar-refractivity contribution is 6.04. The van der Waals surface area contributed by atoms with Gasteiger partial charge in [0, 0.05) is 29.8 Å². The number of hydrogen-bond donors (Lipinski definition) is 2. The molecule has 0 unspecified atom stereocenters. The molecule has 1 aromatic heterocycles. The van der Waals surface area contributed by atoms with Gasteiger partial charge in [-0.2, -0.15) is 0 Å². The highest BCUT2D eigenvalue weighted by atomic mass is 16.5. The predicted molar refractivity (Wildman–Crippen MR) is 107 cm³/mol. The Hall–Kier alpha value is -3.41. The topological polar surface area (TPSA) is 76.1 Å². The Kier molecular flexibility index (Phi) is 5.66. The van der Waals surface area contributed by atoms with Crippen LogP contribution < -0.4 is 15.4 Å². The number of rotatable bonds is 6. The van der Waals surface area contributed by atoms with Gasteiger partial charge in [0.15, 0.2) is 0 Å². The molecule has 2 aromatic carbocycles. The molecule has 0 bridgehead atoms. The second-order valence-corrected chi connectivity index (χ2v) is 6.07. The van der Waals surface area contributed by atoms with E-state index in [0.29, 0.717) is 22.9 Å². The molecule has 138 valence electrons. The van der Waals surface area contributed by atoms with Crippen LogP contribution in [0.3, 0.4) is 0 Å². The number of carbonyl (C=O) groups is 1. The molecule has 0 atom stereocenters. The lowest BCUT2D eigenvalue weighted by atomic mass is 10.1. The van der Waals surface area contributed by atoms with E-state index in [9.17, 15) is 4.79 Å². The van der Waals surface area contributed by atoms with Crippen molar-refractivity contribution >= 4 is 23.2 Å². The second kappa shape index (κ2) is 8.31. The summed E-state index contributed by atoms with van der Waals surface area (Å²) in [5, 5.41) is 6.06. The smallest absolute Gasteiger partial charge is 0.258 e. The number of ether oxygens (including phenoxy) is 1. The molecule has 6 heteroatoms. The van der Waals surface area contributed by atoms with Crippen LogP contribution in [0, 0.1) is 6.92 Å². The second-order valence-electron chi connectivity index (χ2n) is 6.07. The fourth-order valence-electron chi connectivity index (χ4n) is 2.73. The Balaban J connectivity index is 1.72. The van der Waals surface area contributed by atoms with E-state index in [4.69, 9.17) is 4.74 Å². The van der Waals surface area contributed by atoms with Gasteiger partial charge in [-0.05, 0) is 36.6 Å². The van der Waals surface area contributed by atoms with Crippen molar-refractivity contribution in [2.75, 3.05) is 17.7 Å². The first kappa shape index (κ1) is 18.4. The summed E-state index contributed by atoms with van der Waals surface area (Å²) in [6.45, 7) is 4.14. The van der Waals surface area contributed by atoms with E-state index in [1.54, 1.807) is 19.2 Å². The standard InChI is InChI=1S/C21H22N4O2/c1-4-15-8-5-7-14(2)19(15)25-21-22-12-16(13-23-21)20(26)24-17-9-6-10-18(11-17)27-3/h5-13H,4H2,1-3H3,(H,24,26)(H,22,23,25). The molecule has 0 aliphatic heterocycles. The van der Waals surface area contributed by atoms with Gasteiger partial charge in [0.1, 0.15) is 5.75 Å². The lowest BCUT2D eigenvalue weighted by Crippen LogP contribution is -2.13. The SMILES string of the molecule is CCc1cccc(C)c1Nc1ncc(C(=O)Nc2cccc(OC)c2)cn1. The monoisotopic (exact) mass is 362 g/mol. The van der Waals surface area contributed by atoms with E-state index in [0.717, 1.165) is 17.7 Å². The van der Waals surface area contributed by atoms with Crippen LogP contribution in [-0.2, 0) is 6.42 Å². The summed E-state index contributed by atoms with van der Waals surface area (Å²) >= 11 is 0. The van der Waals surface area contributed by atoms with E-state index >= 15 is 0 Å². The van der Waals surface area contributed by atoms with Crippen molar-refractivity contribution in [1.82, 2.24) is 9.97 Å². The van der Waals surface area contributed by atoms with Crippen LogP contribution in [0.2, 0.25) is 0 Å². The molecular weight excluding hydrogens is 340 g/mol. The Bertz CT molecular complexity index is 939. The van der Waals surface area contributed by atoms with Crippen LogP contribution >= 0.6 is 0 Å². The maximum atomic E-state index is 12.4. The molecule has 0 spiro atoms. The predicted octanol–water partition coefficient (Wildman–Crippen LogP) is 4.35. The molecule has 2 N–H and O–H groups in total. The maximum Gasteiger partial charge on any atom is 0.258 e. The van der Waals surface area contributed by atoms with Gasteiger partial charge in [0.25, 0.3) is 5.91 Å². The molecule has 0 saturated carbocycles. The van der Waals surface area contributed by atoms with Gasteiger partial charge < -0.3 is 15.4 Å². The average molecular weight is 362 g/mol. The Morgan fingerprint density at radius 2 is 1.85 bits per heavy atom. The van der Waals surface area contributed by atoms with Crippen LogP contribution in [0.4, 0.5) is 17.3 Å². The van der Waals surface area contributed by atoms with Gasteiger partial charge in [0.2, 0.25) is 5.95 Å². The number of amides is 1. The van der Waals surface area contributed by atoms with Crippen molar-refractivity contribution in [3.8, 4) is 5.75 Å². The van der Waals surface area contributed by atoms with Crippen LogP contribution in [-0.4, -0.2) is 23.0 Å². The van der Waals surface area contributed by atoms with Crippen LogP contribution in [0.1, 0.15) is 28.4 Å². The first-order valence-corrected chi connectivity index (χ1v) is 8.73. The summed E-state index contributed by atoms with van der Waals surface area (Å²) in [6, 6.07) is 13.3. The molecule has 3 aromatic rings. The maximum absolute atomic E-state index is 12.4. The van der Waals surface area contributed by atoms with Crippen molar-refractivity contribution in [2.24, 2.45) is 0 Å². The molecule has 0 aliphatic rings. The summed E-state index contributed by atoms with van der Waals surface area (Å²) in [4.78, 5) is 20.9. The molecule has 0 fully saturated rings. The summed E-state index contributed by atoms with van der Waals surface area (Å²) in [5.41, 5.74) is 4.35. The van der Waals surface area contributed by atoms with Gasteiger partial charge in [-0.15, -0.1) is 0 Å². The molecule has 6 nitrogen and oxygen atoms in total. The van der Waals surface area contributed by atoms with E-state index in [-0.39, 0.29) is 5.91 Å². The van der Waals surface area contributed by atoms with Crippen LogP contribution in [0.25, 0.3) is 0 Å². The summed E-state index contributed by atoms with van der Waals surface area (Å²) in [5.74, 6) is 0.852. The summed E-state index contributed by atoms with van der Waals surface area (Å²) in [6.07, 6.45) is 3.93. The van der Waals surface area contributed by atoms with Crippen molar-refractivity contribution in [3.05, 3.63) is 71.5 Å². The zero-order chi connectivity index (χ0) is 19.2. The minimum atomic E-state index is -0.278. The molecular formula is C21H22N4O2. The summed E-state index contributed by atoms with van der Waals surface area (Å²) in [7, 11) is 1.58. The van der Waals surface area contributed by atoms with Crippen molar-refractivity contribution in [3.63, 3.8) is 0 Å². The largest absolute Gasteiger partial charge is 0.497 e. The van der Waals surface area contributed by atoms with E-state index in [1.165, 1.54) is 18.0 Å². The number of para-hydroxylation sites is 1. The zero-order valence-corrected chi connectivity index (χ0v) is 15.6. The number of anilines is 3. The number of methoxy groups -OCH3 is 1. The van der Waals surface area contributed by atoms with E-state index in [2.05, 4.69) is 33.6 Å². The number of hydrogen-bond acceptors (Lipinski definition) is 5. The molecule has 3 rings (SSSR count). The molecule has 0 saturated heterocycles. The quantitative estimate of drug-likeness (QED) is 0.682. The number of nitrogens with one attached hydrogen (secondary N) is 2. The highest BCUT2D eigenvalue weighted by Gasteiger charge is 2.10. The number of aromatic nitrogens is 2. The van der Waals surface area contributed by atoms with Gasteiger partial charge in [0.05, 0.1) is 12.7 Å². The summed E-state index contributed by atoms with van der Waals surface area (Å²) < 4.78 is 5.16. The van der Waals surface area contributed by atoms with E-state index in [1.807, 2.05) is 31.2 Å². The average Bonchev–Trinajstić information content (AvgIpc) is 2.70. The minimum absolute atomic E-state index is 0.278. The molecule has 1 heterocycles. The third kappa shape index (κ3) is 4.41. The van der Waals surface area contributed by atoms with Crippen LogP contribution in [0.5, 0.6) is 5.75 Å². The molecule has 0 aliphatic carbocycles. The first-order chi connectivity index (χ1) is 13.1. The number of aryl methyl sites for hydroxylation is 2. The lowest BCUT2D eigenvalue weighted by molar-refractivity contribution is 0.102. The van der Waals surface area contributed by atoms with Gasteiger partial charge >= 0.3 is 0 Å². The van der Waals surface area contributed by atoms with E-state index < -0.39 is 0 Å². The Labute approximate surface area is 158 Å². The minimum Gasteiger partial charge on any atom is -0.497 e. The highest BCUT2D eigenvalue weighted by Crippen LogP contribution is 2.24. The van der Waals surface area contributed by atoms with Gasteiger partial charge in [-0.3, -0.25) is 4.79 Å². The fraction of sp³-hybridized carbons (Fsp3) is 0.190. The van der Waals surface area contributed by atoms with Gasteiger partial charge in [-0.1, -0.05) is 31.2 Å². The van der Waals surface area contributed by atoms with Crippen molar-refractivity contribution in [1.29, 1.82) is 0 Å². The van der Waals surface area contributed by atoms with Gasteiger partial charge in [-0.25, -0.2) is 9.97 Å². The normalized spacial score (nSPS) is 10.3. The molecule has 0 radical (unpaired) electrons. The lowest BCUT2D eigenvalue weighted by Gasteiger charge is -2.13. The van der Waals surface area contributed by atoms with Crippen molar-refractivity contribution in [2.45, 2.75) is 20.3 Å². The molecule has 1 amide bonds.